The Morgan fingerprint density at radius 1 is 1.10 bits per heavy atom. The third-order valence-corrected chi connectivity index (χ3v) is 3.35. The quantitative estimate of drug-likeness (QED) is 0.602. The molecule has 114 valence electrons. The van der Waals surface area contributed by atoms with Gasteiger partial charge >= 0.3 is 6.18 Å². The van der Waals surface area contributed by atoms with E-state index in [-0.39, 0.29) is 21.8 Å². The SMILES string of the molecule is CC(C)(C)c1cc2cc(Cl)cc(C(F)(F)F)c2nc1NN. The van der Waals surface area contributed by atoms with Crippen LogP contribution in [0.1, 0.15) is 31.9 Å². The van der Waals surface area contributed by atoms with E-state index in [4.69, 9.17) is 17.4 Å². The second-order valence-corrected chi connectivity index (χ2v) is 6.24. The number of aromatic nitrogens is 1. The smallest absolute Gasteiger partial charge is 0.308 e. The van der Waals surface area contributed by atoms with Gasteiger partial charge in [-0.2, -0.15) is 13.2 Å². The van der Waals surface area contributed by atoms with Crippen LogP contribution in [0.2, 0.25) is 5.02 Å². The van der Waals surface area contributed by atoms with Gasteiger partial charge in [0, 0.05) is 16.0 Å². The molecule has 0 aliphatic carbocycles. The molecule has 3 N–H and O–H groups in total. The molecule has 0 saturated carbocycles. The van der Waals surface area contributed by atoms with Gasteiger partial charge in [-0.25, -0.2) is 10.8 Å². The van der Waals surface area contributed by atoms with E-state index in [0.29, 0.717) is 10.9 Å². The Bertz CT molecular complexity index is 690. The summed E-state index contributed by atoms with van der Waals surface area (Å²) in [6.07, 6.45) is -4.54. The number of nitrogen functional groups attached to an aromatic ring is 1. The molecular formula is C14H15ClF3N3. The van der Waals surface area contributed by atoms with Crippen LogP contribution in [0.4, 0.5) is 19.0 Å². The van der Waals surface area contributed by atoms with E-state index in [9.17, 15) is 13.2 Å². The molecule has 1 aromatic carbocycles. The number of anilines is 1. The largest absolute Gasteiger partial charge is 0.418 e. The molecule has 0 bridgehead atoms. The Morgan fingerprint density at radius 2 is 1.71 bits per heavy atom. The standard InChI is InChI=1S/C14H15ClF3N3/c1-13(2,3)10-5-7-4-8(15)6-9(14(16,17)18)11(7)20-12(10)21-19/h4-6H,19H2,1-3H3,(H,20,21). The minimum absolute atomic E-state index is 0.0185. The van der Waals surface area contributed by atoms with Crippen molar-refractivity contribution < 1.29 is 13.2 Å². The minimum atomic E-state index is -4.54. The summed E-state index contributed by atoms with van der Waals surface area (Å²) in [6.45, 7) is 5.77. The van der Waals surface area contributed by atoms with E-state index in [1.807, 2.05) is 20.8 Å². The molecule has 3 nitrogen and oxygen atoms in total. The van der Waals surface area contributed by atoms with Crippen LogP contribution in [-0.4, -0.2) is 4.98 Å². The number of benzene rings is 1. The fraction of sp³-hybridized carbons (Fsp3) is 0.357. The number of halogens is 4. The molecule has 0 radical (unpaired) electrons. The Labute approximate surface area is 125 Å². The van der Waals surface area contributed by atoms with Crippen LogP contribution in [0.25, 0.3) is 10.9 Å². The maximum atomic E-state index is 13.1. The summed E-state index contributed by atoms with van der Waals surface area (Å²) in [5.74, 6) is 5.63. The third kappa shape index (κ3) is 3.06. The highest BCUT2D eigenvalue weighted by molar-refractivity contribution is 6.31. The number of hydrogen-bond acceptors (Lipinski definition) is 3. The first kappa shape index (κ1) is 15.9. The first-order chi connectivity index (χ1) is 9.54. The van der Waals surface area contributed by atoms with Crippen LogP contribution >= 0.6 is 11.6 Å². The number of nitrogens with zero attached hydrogens (tertiary/aromatic N) is 1. The number of nitrogens with one attached hydrogen (secondary N) is 1. The van der Waals surface area contributed by atoms with Crippen LogP contribution < -0.4 is 11.3 Å². The number of alkyl halides is 3. The Kier molecular flexibility index (Phi) is 3.80. The summed E-state index contributed by atoms with van der Waals surface area (Å²) >= 11 is 5.80. The van der Waals surface area contributed by atoms with Crippen molar-refractivity contribution in [1.29, 1.82) is 0 Å². The average molecular weight is 318 g/mol. The van der Waals surface area contributed by atoms with E-state index < -0.39 is 11.7 Å². The van der Waals surface area contributed by atoms with Gasteiger partial charge in [-0.15, -0.1) is 0 Å². The zero-order chi connectivity index (χ0) is 16.0. The molecular weight excluding hydrogens is 303 g/mol. The van der Waals surface area contributed by atoms with E-state index in [1.165, 1.54) is 6.07 Å². The van der Waals surface area contributed by atoms with E-state index in [2.05, 4.69) is 10.4 Å². The molecule has 2 rings (SSSR count). The van der Waals surface area contributed by atoms with E-state index >= 15 is 0 Å². The van der Waals surface area contributed by atoms with Crippen LogP contribution in [0.15, 0.2) is 18.2 Å². The fourth-order valence-electron chi connectivity index (χ4n) is 2.15. The summed E-state index contributed by atoms with van der Waals surface area (Å²) in [6, 6.07) is 3.97. The number of hydrogen-bond donors (Lipinski definition) is 2. The molecule has 1 heterocycles. The highest BCUT2D eigenvalue weighted by Gasteiger charge is 2.34. The van der Waals surface area contributed by atoms with Gasteiger partial charge in [0.25, 0.3) is 0 Å². The van der Waals surface area contributed by atoms with Gasteiger partial charge < -0.3 is 5.43 Å². The Morgan fingerprint density at radius 3 is 2.19 bits per heavy atom. The molecule has 0 spiro atoms. The monoisotopic (exact) mass is 317 g/mol. The van der Waals surface area contributed by atoms with Gasteiger partial charge in [-0.3, -0.25) is 0 Å². The lowest BCUT2D eigenvalue weighted by Gasteiger charge is -2.23. The van der Waals surface area contributed by atoms with Crippen molar-refractivity contribution in [3.8, 4) is 0 Å². The normalized spacial score (nSPS) is 12.8. The fourth-order valence-corrected chi connectivity index (χ4v) is 2.38. The molecule has 21 heavy (non-hydrogen) atoms. The lowest BCUT2D eigenvalue weighted by Crippen LogP contribution is -2.19. The first-order valence-corrected chi connectivity index (χ1v) is 6.60. The lowest BCUT2D eigenvalue weighted by molar-refractivity contribution is -0.136. The number of fused-ring (bicyclic) bond motifs is 1. The van der Waals surface area contributed by atoms with Crippen molar-refractivity contribution in [2.24, 2.45) is 5.84 Å². The molecule has 1 aromatic heterocycles. The van der Waals surface area contributed by atoms with Gasteiger partial charge in [0.1, 0.15) is 5.82 Å². The molecule has 0 atom stereocenters. The molecule has 0 fully saturated rings. The zero-order valence-corrected chi connectivity index (χ0v) is 12.5. The van der Waals surface area contributed by atoms with Crippen LogP contribution in [-0.2, 0) is 11.6 Å². The summed E-state index contributed by atoms with van der Waals surface area (Å²) in [7, 11) is 0. The van der Waals surface area contributed by atoms with Crippen molar-refractivity contribution in [2.75, 3.05) is 5.43 Å². The Balaban J connectivity index is 2.88. The number of nitrogens with two attached hydrogens (primary N) is 1. The number of hydrazine groups is 1. The van der Waals surface area contributed by atoms with Gasteiger partial charge in [-0.1, -0.05) is 32.4 Å². The summed E-state index contributed by atoms with van der Waals surface area (Å²) in [5, 5.41) is 0.351. The van der Waals surface area contributed by atoms with Gasteiger partial charge in [0.2, 0.25) is 0 Å². The van der Waals surface area contributed by atoms with Crippen molar-refractivity contribution >= 4 is 28.3 Å². The maximum absolute atomic E-state index is 13.1. The molecule has 0 aliphatic rings. The van der Waals surface area contributed by atoms with Crippen molar-refractivity contribution in [3.05, 3.63) is 34.3 Å². The molecule has 0 unspecified atom stereocenters. The summed E-state index contributed by atoms with van der Waals surface area (Å²) in [4.78, 5) is 4.05. The predicted molar refractivity (Wildman–Crippen MR) is 78.3 cm³/mol. The second kappa shape index (κ2) is 5.03. The van der Waals surface area contributed by atoms with Crippen molar-refractivity contribution in [3.63, 3.8) is 0 Å². The van der Waals surface area contributed by atoms with E-state index in [1.54, 1.807) is 6.07 Å². The lowest BCUT2D eigenvalue weighted by atomic mass is 9.86. The van der Waals surface area contributed by atoms with Crippen LogP contribution in [0.5, 0.6) is 0 Å². The summed E-state index contributed by atoms with van der Waals surface area (Å²) < 4.78 is 39.4. The number of rotatable bonds is 1. The number of pyridine rings is 1. The van der Waals surface area contributed by atoms with Crippen molar-refractivity contribution in [1.82, 2.24) is 4.98 Å². The van der Waals surface area contributed by atoms with Gasteiger partial charge in [0.15, 0.2) is 0 Å². The summed E-state index contributed by atoms with van der Waals surface area (Å²) in [5.41, 5.74) is 1.72. The van der Waals surface area contributed by atoms with Gasteiger partial charge in [-0.05, 0) is 23.6 Å². The maximum Gasteiger partial charge on any atom is 0.418 e. The molecule has 2 aromatic rings. The van der Waals surface area contributed by atoms with Gasteiger partial charge in [0.05, 0.1) is 11.1 Å². The minimum Gasteiger partial charge on any atom is -0.308 e. The average Bonchev–Trinajstić information content (AvgIpc) is 2.34. The zero-order valence-electron chi connectivity index (χ0n) is 11.8. The topological polar surface area (TPSA) is 50.9 Å². The van der Waals surface area contributed by atoms with Crippen LogP contribution in [0.3, 0.4) is 0 Å². The van der Waals surface area contributed by atoms with Crippen molar-refractivity contribution in [2.45, 2.75) is 32.4 Å². The highest BCUT2D eigenvalue weighted by Crippen LogP contribution is 2.39. The molecule has 0 aliphatic heterocycles. The predicted octanol–water partition coefficient (Wildman–Crippen LogP) is 4.49. The van der Waals surface area contributed by atoms with Crippen LogP contribution in [0, 0.1) is 0 Å². The molecule has 0 saturated heterocycles. The first-order valence-electron chi connectivity index (χ1n) is 6.22. The molecule has 0 amide bonds. The molecule has 7 heteroatoms. The second-order valence-electron chi connectivity index (χ2n) is 5.80. The highest BCUT2D eigenvalue weighted by atomic mass is 35.5. The Hall–Kier alpha value is -1.53. The third-order valence-electron chi connectivity index (χ3n) is 3.13. The van der Waals surface area contributed by atoms with E-state index in [0.717, 1.165) is 6.07 Å².